The normalized spacial score (nSPS) is 25.3. The van der Waals surface area contributed by atoms with Gasteiger partial charge in [0.25, 0.3) is 0 Å². The molecule has 184 valence electrons. The number of nitrogens with one attached hydrogen (secondary N) is 1. The summed E-state index contributed by atoms with van der Waals surface area (Å²) in [4.78, 5) is 41.4. The lowest BCUT2D eigenvalue weighted by Gasteiger charge is -2.48. The molecule has 1 N–H and O–H groups in total. The highest BCUT2D eigenvalue weighted by atomic mass is 16.5. The summed E-state index contributed by atoms with van der Waals surface area (Å²) in [6.07, 6.45) is 13.7. The molecule has 3 aliphatic rings. The maximum Gasteiger partial charge on any atom is 0.318 e. The number of nitrogens with zero attached hydrogens (tertiary/aromatic N) is 1. The molecular formula is C27H42N2O4. The second-order valence-electron chi connectivity index (χ2n) is 10.3. The molecule has 1 fully saturated rings. The van der Waals surface area contributed by atoms with Gasteiger partial charge in [-0.1, -0.05) is 31.6 Å². The van der Waals surface area contributed by atoms with E-state index in [9.17, 15) is 14.4 Å². The molecule has 0 bridgehead atoms. The van der Waals surface area contributed by atoms with Crippen LogP contribution in [0.2, 0.25) is 0 Å². The third-order valence-corrected chi connectivity index (χ3v) is 7.32. The highest BCUT2D eigenvalue weighted by Gasteiger charge is 2.54. The van der Waals surface area contributed by atoms with Crippen molar-refractivity contribution in [3.63, 3.8) is 0 Å². The van der Waals surface area contributed by atoms with E-state index in [4.69, 9.17) is 4.74 Å². The Balaban J connectivity index is 1.82. The van der Waals surface area contributed by atoms with Crippen LogP contribution in [-0.4, -0.2) is 42.4 Å². The topological polar surface area (TPSA) is 75.7 Å². The van der Waals surface area contributed by atoms with Crippen molar-refractivity contribution in [1.82, 2.24) is 10.2 Å². The number of amides is 2. The van der Waals surface area contributed by atoms with E-state index in [1.54, 1.807) is 0 Å². The van der Waals surface area contributed by atoms with Crippen molar-refractivity contribution >= 4 is 17.8 Å². The molecule has 0 radical (unpaired) electrons. The van der Waals surface area contributed by atoms with Crippen LogP contribution in [0.5, 0.6) is 0 Å². The van der Waals surface area contributed by atoms with Crippen molar-refractivity contribution < 1.29 is 19.1 Å². The van der Waals surface area contributed by atoms with E-state index in [-0.39, 0.29) is 24.2 Å². The van der Waals surface area contributed by atoms with Crippen molar-refractivity contribution in [2.45, 2.75) is 91.4 Å². The van der Waals surface area contributed by atoms with Crippen molar-refractivity contribution in [2.75, 3.05) is 19.7 Å². The lowest BCUT2D eigenvalue weighted by Crippen LogP contribution is -2.54. The Bertz CT molecular complexity index is 785. The lowest BCUT2D eigenvalue weighted by atomic mass is 9.66. The van der Waals surface area contributed by atoms with Crippen molar-refractivity contribution in [3.8, 4) is 0 Å². The molecule has 1 aliphatic heterocycles. The van der Waals surface area contributed by atoms with Crippen LogP contribution in [0.15, 0.2) is 23.4 Å². The zero-order valence-corrected chi connectivity index (χ0v) is 20.8. The van der Waals surface area contributed by atoms with Gasteiger partial charge in [-0.3, -0.25) is 14.4 Å². The van der Waals surface area contributed by atoms with Gasteiger partial charge in [0.05, 0.1) is 6.61 Å². The number of hydrogen-bond donors (Lipinski definition) is 1. The summed E-state index contributed by atoms with van der Waals surface area (Å²) in [6, 6.07) is 0. The summed E-state index contributed by atoms with van der Waals surface area (Å²) in [5.74, 6) is -0.350. The minimum Gasteiger partial charge on any atom is -0.465 e. The van der Waals surface area contributed by atoms with Gasteiger partial charge >= 0.3 is 5.97 Å². The predicted octanol–water partition coefficient (Wildman–Crippen LogP) is 4.90. The van der Waals surface area contributed by atoms with Crippen LogP contribution < -0.4 is 5.32 Å². The first-order valence-corrected chi connectivity index (χ1v) is 13.0. The van der Waals surface area contributed by atoms with Gasteiger partial charge in [0.15, 0.2) is 0 Å². The number of likely N-dealkylation sites (tertiary alicyclic amines) is 1. The lowest BCUT2D eigenvalue weighted by molar-refractivity contribution is -0.162. The molecular weight excluding hydrogens is 416 g/mol. The molecule has 2 amide bonds. The third kappa shape index (κ3) is 6.27. The largest absolute Gasteiger partial charge is 0.465 e. The quantitative estimate of drug-likeness (QED) is 0.373. The first-order valence-electron chi connectivity index (χ1n) is 13.0. The van der Waals surface area contributed by atoms with Crippen molar-refractivity contribution in [3.05, 3.63) is 23.4 Å². The summed E-state index contributed by atoms with van der Waals surface area (Å²) >= 11 is 0. The second-order valence-corrected chi connectivity index (χ2v) is 10.3. The average molecular weight is 459 g/mol. The summed E-state index contributed by atoms with van der Waals surface area (Å²) in [6.45, 7) is 7.57. The number of rotatable bonds is 10. The Kier molecular flexibility index (Phi) is 9.16. The minimum absolute atomic E-state index is 0.0153. The fourth-order valence-electron chi connectivity index (χ4n) is 5.52. The number of allylic oxidation sites excluding steroid dienone is 2. The highest BCUT2D eigenvalue weighted by molar-refractivity contribution is 5.92. The molecule has 0 saturated carbocycles. The highest BCUT2D eigenvalue weighted by Crippen LogP contribution is 2.50. The number of esters is 1. The molecule has 3 rings (SSSR count). The molecule has 6 heteroatoms. The maximum absolute atomic E-state index is 13.6. The zero-order chi connectivity index (χ0) is 23.8. The second kappa shape index (κ2) is 11.8. The van der Waals surface area contributed by atoms with Crippen molar-refractivity contribution in [1.29, 1.82) is 0 Å². The Morgan fingerprint density at radius 1 is 1.21 bits per heavy atom. The van der Waals surface area contributed by atoms with Crippen molar-refractivity contribution in [2.24, 2.45) is 17.3 Å². The van der Waals surface area contributed by atoms with E-state index in [2.05, 4.69) is 31.3 Å². The van der Waals surface area contributed by atoms with E-state index in [1.807, 2.05) is 11.8 Å². The number of fused-ring (bicyclic) bond motifs is 1. The number of hydrogen-bond acceptors (Lipinski definition) is 4. The molecule has 2 atom stereocenters. The number of carbonyl (C=O) groups excluding carboxylic acids is 3. The molecule has 2 aliphatic carbocycles. The standard InChI is InChI=1S/C27H42N2O4/c1-4-33-26(32)27-15-9-8-12-23(27)29(17-14-21-10-6-5-7-11-21)25(31)22(19-27)18-24(30)28-16-13-20(2)3/h10,12,20,22H,4-9,11,13-19H2,1-3H3,(H,28,30)/t22-,27+/m1/s1. The van der Waals surface area contributed by atoms with E-state index >= 15 is 0 Å². The first-order chi connectivity index (χ1) is 15.9. The van der Waals surface area contributed by atoms with Gasteiger partial charge in [-0.05, 0) is 77.0 Å². The van der Waals surface area contributed by atoms with Crippen LogP contribution in [0.25, 0.3) is 0 Å². The Labute approximate surface area is 199 Å². The van der Waals surface area contributed by atoms with Gasteiger partial charge < -0.3 is 15.0 Å². The van der Waals surface area contributed by atoms with Crippen LogP contribution in [-0.2, 0) is 19.1 Å². The van der Waals surface area contributed by atoms with E-state index < -0.39 is 11.3 Å². The van der Waals surface area contributed by atoms with E-state index in [0.717, 1.165) is 44.2 Å². The molecule has 1 heterocycles. The van der Waals surface area contributed by atoms with Gasteiger partial charge in [-0.25, -0.2) is 0 Å². The minimum atomic E-state index is -0.813. The Morgan fingerprint density at radius 2 is 2.00 bits per heavy atom. The average Bonchev–Trinajstić information content (AvgIpc) is 2.79. The summed E-state index contributed by atoms with van der Waals surface area (Å²) in [7, 11) is 0. The number of carbonyl (C=O) groups is 3. The number of piperidine rings is 1. The molecule has 1 saturated heterocycles. The van der Waals surface area contributed by atoms with Crippen LogP contribution >= 0.6 is 0 Å². The fraction of sp³-hybridized carbons (Fsp3) is 0.741. The smallest absolute Gasteiger partial charge is 0.318 e. The van der Waals surface area contributed by atoms with Crippen LogP contribution in [0, 0.1) is 17.3 Å². The molecule has 0 aromatic heterocycles. The molecule has 6 nitrogen and oxygen atoms in total. The molecule has 0 unspecified atom stereocenters. The SMILES string of the molecule is CCOC(=O)[C@]12CCCC=C1N(CCC1=CCCCC1)C(=O)[C@H](CC(=O)NCCC(C)C)C2. The van der Waals surface area contributed by atoms with Gasteiger partial charge in [0, 0.05) is 31.1 Å². The maximum atomic E-state index is 13.6. The van der Waals surface area contributed by atoms with Gasteiger partial charge in [0.2, 0.25) is 11.8 Å². The van der Waals surface area contributed by atoms with Gasteiger partial charge in [0.1, 0.15) is 5.41 Å². The van der Waals surface area contributed by atoms with Crippen LogP contribution in [0.4, 0.5) is 0 Å². The summed E-state index contributed by atoms with van der Waals surface area (Å²) in [5.41, 5.74) is 1.41. The van der Waals surface area contributed by atoms with E-state index in [0.29, 0.717) is 38.5 Å². The third-order valence-electron chi connectivity index (χ3n) is 7.32. The molecule has 33 heavy (non-hydrogen) atoms. The Hall–Kier alpha value is -2.11. The van der Waals surface area contributed by atoms with Crippen LogP contribution in [0.1, 0.15) is 91.4 Å². The van der Waals surface area contributed by atoms with Crippen LogP contribution in [0.3, 0.4) is 0 Å². The summed E-state index contributed by atoms with van der Waals surface area (Å²) < 4.78 is 5.53. The number of ether oxygens (including phenoxy) is 1. The van der Waals surface area contributed by atoms with Gasteiger partial charge in [-0.2, -0.15) is 0 Å². The summed E-state index contributed by atoms with van der Waals surface area (Å²) in [5, 5.41) is 2.97. The van der Waals surface area contributed by atoms with E-state index in [1.165, 1.54) is 18.4 Å². The molecule has 0 aromatic rings. The monoisotopic (exact) mass is 458 g/mol. The molecule has 0 aromatic carbocycles. The zero-order valence-electron chi connectivity index (χ0n) is 20.8. The Morgan fingerprint density at radius 3 is 2.70 bits per heavy atom. The first kappa shape index (κ1) is 25.5. The molecule has 0 spiro atoms. The predicted molar refractivity (Wildman–Crippen MR) is 129 cm³/mol. The fourth-order valence-corrected chi connectivity index (χ4v) is 5.52. The van der Waals surface area contributed by atoms with Gasteiger partial charge in [-0.15, -0.1) is 0 Å².